The molecule has 0 aliphatic carbocycles. The molecular weight excluding hydrogens is 248 g/mol. The smallest absolute Gasteiger partial charge is 0.340 e. The minimum Gasteiger partial charge on any atom is -0.465 e. The highest BCUT2D eigenvalue weighted by atomic mass is 32.2. The summed E-state index contributed by atoms with van der Waals surface area (Å²) in [5.74, 6) is 0.592. The molecule has 1 aromatic rings. The van der Waals surface area contributed by atoms with Crippen LogP contribution in [-0.2, 0) is 4.74 Å². The summed E-state index contributed by atoms with van der Waals surface area (Å²) >= 11 is 1.76. The molecule has 0 aliphatic heterocycles. The summed E-state index contributed by atoms with van der Waals surface area (Å²) in [6.07, 6.45) is 3.02. The minimum atomic E-state index is -0.371. The predicted molar refractivity (Wildman–Crippen MR) is 78.3 cm³/mol. The SMILES string of the molecule is CCC(CSC)Nc1c(N)cccc1C(=O)OC. The number of para-hydroxylation sites is 1. The van der Waals surface area contributed by atoms with Crippen LogP contribution in [0.15, 0.2) is 18.2 Å². The zero-order chi connectivity index (χ0) is 13.5. The number of anilines is 2. The Labute approximate surface area is 112 Å². The Morgan fingerprint density at radius 1 is 1.56 bits per heavy atom. The third-order valence-electron chi connectivity index (χ3n) is 2.71. The molecule has 1 aromatic carbocycles. The van der Waals surface area contributed by atoms with Gasteiger partial charge in [0.15, 0.2) is 0 Å². The molecule has 3 N–H and O–H groups in total. The van der Waals surface area contributed by atoms with E-state index >= 15 is 0 Å². The largest absolute Gasteiger partial charge is 0.465 e. The third kappa shape index (κ3) is 3.57. The normalized spacial score (nSPS) is 11.9. The van der Waals surface area contributed by atoms with Gasteiger partial charge in [-0.25, -0.2) is 4.79 Å². The fourth-order valence-electron chi connectivity index (χ4n) is 1.68. The van der Waals surface area contributed by atoms with E-state index in [1.807, 2.05) is 0 Å². The van der Waals surface area contributed by atoms with Crippen LogP contribution in [0.1, 0.15) is 23.7 Å². The molecule has 0 fully saturated rings. The fourth-order valence-corrected chi connectivity index (χ4v) is 2.40. The van der Waals surface area contributed by atoms with Gasteiger partial charge in [0.25, 0.3) is 0 Å². The van der Waals surface area contributed by atoms with Crippen molar-refractivity contribution < 1.29 is 9.53 Å². The molecule has 100 valence electrons. The van der Waals surface area contributed by atoms with Crippen molar-refractivity contribution >= 4 is 29.1 Å². The van der Waals surface area contributed by atoms with Gasteiger partial charge < -0.3 is 15.8 Å². The number of carbonyl (C=O) groups is 1. The number of carbonyl (C=O) groups excluding carboxylic acids is 1. The van der Waals surface area contributed by atoms with E-state index in [1.54, 1.807) is 30.0 Å². The van der Waals surface area contributed by atoms with Crippen LogP contribution in [0.5, 0.6) is 0 Å². The molecule has 0 saturated carbocycles. The zero-order valence-corrected chi connectivity index (χ0v) is 11.8. The highest BCUT2D eigenvalue weighted by Crippen LogP contribution is 2.26. The summed E-state index contributed by atoms with van der Waals surface area (Å²) < 4.78 is 4.77. The monoisotopic (exact) mass is 268 g/mol. The first-order valence-corrected chi connectivity index (χ1v) is 7.25. The number of ether oxygens (including phenoxy) is 1. The van der Waals surface area contributed by atoms with Crippen LogP contribution >= 0.6 is 11.8 Å². The maximum atomic E-state index is 11.7. The Kier molecular flexibility index (Phi) is 5.85. The average Bonchev–Trinajstić information content (AvgIpc) is 2.39. The Morgan fingerprint density at radius 3 is 2.83 bits per heavy atom. The number of nitrogens with two attached hydrogens (primary N) is 1. The van der Waals surface area contributed by atoms with Crippen molar-refractivity contribution in [1.82, 2.24) is 0 Å². The fraction of sp³-hybridized carbons (Fsp3) is 0.462. The maximum Gasteiger partial charge on any atom is 0.340 e. The Balaban J connectivity index is 3.02. The summed E-state index contributed by atoms with van der Waals surface area (Å²) in [7, 11) is 1.37. The number of hydrogen-bond donors (Lipinski definition) is 2. The lowest BCUT2D eigenvalue weighted by atomic mass is 10.1. The van der Waals surface area contributed by atoms with E-state index in [0.29, 0.717) is 16.9 Å². The van der Waals surface area contributed by atoms with Gasteiger partial charge in [-0.2, -0.15) is 11.8 Å². The Bertz CT molecular complexity index is 410. The number of hydrogen-bond acceptors (Lipinski definition) is 5. The lowest BCUT2D eigenvalue weighted by Gasteiger charge is -2.20. The number of thioether (sulfide) groups is 1. The summed E-state index contributed by atoms with van der Waals surface area (Å²) in [4.78, 5) is 11.7. The standard InChI is InChI=1S/C13H20N2O2S/c1-4-9(8-18-3)15-12-10(13(16)17-2)6-5-7-11(12)14/h5-7,9,15H,4,8,14H2,1-3H3. The van der Waals surface area contributed by atoms with Crippen LogP contribution < -0.4 is 11.1 Å². The van der Waals surface area contributed by atoms with Crippen LogP contribution in [-0.4, -0.2) is 31.1 Å². The van der Waals surface area contributed by atoms with Crippen molar-refractivity contribution in [3.05, 3.63) is 23.8 Å². The second kappa shape index (κ2) is 7.16. The molecule has 0 spiro atoms. The number of benzene rings is 1. The Morgan fingerprint density at radius 2 is 2.28 bits per heavy atom. The number of esters is 1. The zero-order valence-electron chi connectivity index (χ0n) is 11.0. The van der Waals surface area contributed by atoms with E-state index in [9.17, 15) is 4.79 Å². The lowest BCUT2D eigenvalue weighted by molar-refractivity contribution is 0.0602. The van der Waals surface area contributed by atoms with Gasteiger partial charge in [-0.15, -0.1) is 0 Å². The first-order chi connectivity index (χ1) is 8.63. The molecule has 18 heavy (non-hydrogen) atoms. The van der Waals surface area contributed by atoms with Gasteiger partial charge >= 0.3 is 5.97 Å². The lowest BCUT2D eigenvalue weighted by Crippen LogP contribution is -2.23. The van der Waals surface area contributed by atoms with Gasteiger partial charge in [-0.3, -0.25) is 0 Å². The quantitative estimate of drug-likeness (QED) is 0.613. The van der Waals surface area contributed by atoms with Gasteiger partial charge in [-0.05, 0) is 24.8 Å². The van der Waals surface area contributed by atoms with Gasteiger partial charge in [0, 0.05) is 11.8 Å². The minimum absolute atomic E-state index is 0.285. The van der Waals surface area contributed by atoms with Crippen LogP contribution in [0.2, 0.25) is 0 Å². The molecule has 0 heterocycles. The van der Waals surface area contributed by atoms with Gasteiger partial charge in [-0.1, -0.05) is 13.0 Å². The van der Waals surface area contributed by atoms with Crippen molar-refractivity contribution in [2.75, 3.05) is 30.2 Å². The van der Waals surface area contributed by atoms with Crippen LogP contribution in [0.4, 0.5) is 11.4 Å². The van der Waals surface area contributed by atoms with E-state index in [-0.39, 0.29) is 12.0 Å². The van der Waals surface area contributed by atoms with E-state index in [0.717, 1.165) is 12.2 Å². The average molecular weight is 268 g/mol. The highest BCUT2D eigenvalue weighted by molar-refractivity contribution is 7.98. The molecule has 0 saturated heterocycles. The van der Waals surface area contributed by atoms with E-state index in [2.05, 4.69) is 18.5 Å². The summed E-state index contributed by atoms with van der Waals surface area (Å²) in [6, 6.07) is 5.53. The number of nitrogen functional groups attached to an aromatic ring is 1. The molecule has 4 nitrogen and oxygen atoms in total. The molecule has 0 bridgehead atoms. The molecular formula is C13H20N2O2S. The third-order valence-corrected chi connectivity index (χ3v) is 3.45. The summed E-state index contributed by atoms with van der Waals surface area (Å²) in [5, 5.41) is 3.34. The van der Waals surface area contributed by atoms with Crippen LogP contribution in [0.25, 0.3) is 0 Å². The second-order valence-electron chi connectivity index (χ2n) is 3.97. The highest BCUT2D eigenvalue weighted by Gasteiger charge is 2.16. The molecule has 1 atom stereocenters. The Hall–Kier alpha value is -1.36. The molecule has 5 heteroatoms. The van der Waals surface area contributed by atoms with Crippen LogP contribution in [0.3, 0.4) is 0 Å². The van der Waals surface area contributed by atoms with E-state index in [1.165, 1.54) is 7.11 Å². The topological polar surface area (TPSA) is 64.3 Å². The van der Waals surface area contributed by atoms with Crippen molar-refractivity contribution in [3.63, 3.8) is 0 Å². The summed E-state index contributed by atoms with van der Waals surface area (Å²) in [5.41, 5.74) is 7.66. The molecule has 0 radical (unpaired) electrons. The van der Waals surface area contributed by atoms with Crippen molar-refractivity contribution in [3.8, 4) is 0 Å². The molecule has 0 aliphatic rings. The van der Waals surface area contributed by atoms with E-state index < -0.39 is 0 Å². The second-order valence-corrected chi connectivity index (χ2v) is 4.88. The van der Waals surface area contributed by atoms with Gasteiger partial charge in [0.2, 0.25) is 0 Å². The molecule has 1 unspecified atom stereocenters. The van der Waals surface area contributed by atoms with Crippen molar-refractivity contribution in [1.29, 1.82) is 0 Å². The maximum absolute atomic E-state index is 11.7. The predicted octanol–water partition coefficient (Wildman–Crippen LogP) is 2.61. The van der Waals surface area contributed by atoms with Gasteiger partial charge in [0.1, 0.15) is 0 Å². The number of rotatable bonds is 6. The van der Waals surface area contributed by atoms with E-state index in [4.69, 9.17) is 10.5 Å². The molecule has 0 aromatic heterocycles. The van der Waals surface area contributed by atoms with Crippen molar-refractivity contribution in [2.45, 2.75) is 19.4 Å². The molecule has 1 rings (SSSR count). The van der Waals surface area contributed by atoms with Crippen molar-refractivity contribution in [2.24, 2.45) is 0 Å². The molecule has 0 amide bonds. The van der Waals surface area contributed by atoms with Crippen LogP contribution in [0, 0.1) is 0 Å². The van der Waals surface area contributed by atoms with Gasteiger partial charge in [0.05, 0.1) is 24.0 Å². The summed E-state index contributed by atoms with van der Waals surface area (Å²) in [6.45, 7) is 2.10. The number of nitrogens with one attached hydrogen (secondary N) is 1. The number of methoxy groups -OCH3 is 1. The first-order valence-electron chi connectivity index (χ1n) is 5.86. The first kappa shape index (κ1) is 14.7.